The minimum absolute atomic E-state index is 0.626. The third kappa shape index (κ3) is 4.14. The van der Waals surface area contributed by atoms with E-state index in [-0.39, 0.29) is 0 Å². The van der Waals surface area contributed by atoms with Crippen molar-refractivity contribution in [2.75, 3.05) is 61.9 Å². The zero-order chi connectivity index (χ0) is 18.5. The van der Waals surface area contributed by atoms with E-state index < -0.39 is 0 Å². The van der Waals surface area contributed by atoms with Gasteiger partial charge in [-0.25, -0.2) is 9.97 Å². The normalized spacial score (nSPS) is 17.6. The summed E-state index contributed by atoms with van der Waals surface area (Å²) in [5.74, 6) is 1.53. The molecule has 2 aliphatic rings. The number of nitrogens with two attached hydrogens (primary N) is 1. The van der Waals surface area contributed by atoms with Gasteiger partial charge in [-0.1, -0.05) is 18.2 Å². The molecule has 1 saturated heterocycles. The van der Waals surface area contributed by atoms with Crippen LogP contribution >= 0.6 is 0 Å². The van der Waals surface area contributed by atoms with E-state index in [0.717, 1.165) is 76.8 Å². The molecule has 4 rings (SSSR count). The standard InChI is InChI=1S/C20H28N6O/c21-18-19(22-8-4-9-25-11-13-27-14-12-25)23-15-24-20(18)26-10-3-6-16-5-1-2-7-17(16)26/h1-2,5,7,15H,3-4,6,8-14,21H2,(H,22,23,24). The molecule has 7 heteroatoms. The van der Waals surface area contributed by atoms with Crippen LogP contribution in [0.2, 0.25) is 0 Å². The fourth-order valence-electron chi connectivity index (χ4n) is 3.83. The van der Waals surface area contributed by atoms with Crippen LogP contribution in [0, 0.1) is 0 Å². The number of hydrogen-bond donors (Lipinski definition) is 2. The molecule has 0 aliphatic carbocycles. The average Bonchev–Trinajstić information content (AvgIpc) is 2.73. The quantitative estimate of drug-likeness (QED) is 0.757. The first-order valence-corrected chi connectivity index (χ1v) is 9.83. The lowest BCUT2D eigenvalue weighted by Crippen LogP contribution is -2.37. The first-order chi connectivity index (χ1) is 13.3. The van der Waals surface area contributed by atoms with Gasteiger partial charge in [0, 0.05) is 31.9 Å². The summed E-state index contributed by atoms with van der Waals surface area (Å²) in [6.07, 6.45) is 4.85. The summed E-state index contributed by atoms with van der Waals surface area (Å²) in [5.41, 5.74) is 9.62. The van der Waals surface area contributed by atoms with Crippen LogP contribution in [0.15, 0.2) is 30.6 Å². The van der Waals surface area contributed by atoms with Gasteiger partial charge in [-0.2, -0.15) is 0 Å². The molecule has 0 radical (unpaired) electrons. The highest BCUT2D eigenvalue weighted by atomic mass is 16.5. The van der Waals surface area contributed by atoms with Gasteiger partial charge in [-0.15, -0.1) is 0 Å². The van der Waals surface area contributed by atoms with Crippen LogP contribution in [-0.2, 0) is 11.2 Å². The Hall–Kier alpha value is -2.38. The highest BCUT2D eigenvalue weighted by Crippen LogP contribution is 2.36. The third-order valence-electron chi connectivity index (χ3n) is 5.28. The van der Waals surface area contributed by atoms with Crippen LogP contribution in [0.4, 0.5) is 23.0 Å². The van der Waals surface area contributed by atoms with E-state index in [1.165, 1.54) is 11.3 Å². The molecule has 1 fully saturated rings. The number of nitrogens with one attached hydrogen (secondary N) is 1. The second-order valence-electron chi connectivity index (χ2n) is 7.08. The number of anilines is 4. The Labute approximate surface area is 160 Å². The van der Waals surface area contributed by atoms with Gasteiger partial charge in [0.2, 0.25) is 0 Å². The van der Waals surface area contributed by atoms with Crippen LogP contribution in [0.1, 0.15) is 18.4 Å². The SMILES string of the molecule is Nc1c(NCCCN2CCOCC2)ncnc1N1CCCc2ccccc21. The molecule has 3 N–H and O–H groups in total. The second kappa shape index (κ2) is 8.54. The number of morpholine rings is 1. The lowest BCUT2D eigenvalue weighted by Gasteiger charge is -2.31. The first kappa shape index (κ1) is 18.0. The zero-order valence-corrected chi connectivity index (χ0v) is 15.7. The summed E-state index contributed by atoms with van der Waals surface area (Å²) in [7, 11) is 0. The number of benzene rings is 1. The summed E-state index contributed by atoms with van der Waals surface area (Å²) in [6.45, 7) is 6.55. The minimum atomic E-state index is 0.626. The predicted octanol–water partition coefficient (Wildman–Crippen LogP) is 2.28. The van der Waals surface area contributed by atoms with Crippen LogP contribution in [0.25, 0.3) is 0 Å². The van der Waals surface area contributed by atoms with Gasteiger partial charge in [-0.3, -0.25) is 4.90 Å². The monoisotopic (exact) mass is 368 g/mol. The van der Waals surface area contributed by atoms with Crippen molar-refractivity contribution < 1.29 is 4.74 Å². The topological polar surface area (TPSA) is 79.5 Å². The molecule has 27 heavy (non-hydrogen) atoms. The van der Waals surface area contributed by atoms with Crippen molar-refractivity contribution >= 4 is 23.0 Å². The predicted molar refractivity (Wildman–Crippen MR) is 109 cm³/mol. The molecule has 2 aliphatic heterocycles. The van der Waals surface area contributed by atoms with Crippen LogP contribution in [0.3, 0.4) is 0 Å². The number of fused-ring (bicyclic) bond motifs is 1. The van der Waals surface area contributed by atoms with Crippen LogP contribution in [-0.4, -0.2) is 60.8 Å². The van der Waals surface area contributed by atoms with E-state index in [1.54, 1.807) is 6.33 Å². The molecule has 0 bridgehead atoms. The maximum absolute atomic E-state index is 6.44. The number of rotatable bonds is 6. The molecular formula is C20H28N6O. The van der Waals surface area contributed by atoms with Crippen molar-refractivity contribution in [2.24, 2.45) is 0 Å². The van der Waals surface area contributed by atoms with Crippen molar-refractivity contribution in [3.63, 3.8) is 0 Å². The van der Waals surface area contributed by atoms with Gasteiger partial charge in [0.25, 0.3) is 0 Å². The Morgan fingerprint density at radius 3 is 2.85 bits per heavy atom. The third-order valence-corrected chi connectivity index (χ3v) is 5.28. The van der Waals surface area contributed by atoms with Gasteiger partial charge >= 0.3 is 0 Å². The molecule has 0 amide bonds. The Kier molecular flexibility index (Phi) is 5.69. The van der Waals surface area contributed by atoms with E-state index in [0.29, 0.717) is 5.69 Å². The number of nitrogen functional groups attached to an aromatic ring is 1. The minimum Gasteiger partial charge on any atom is -0.393 e. The van der Waals surface area contributed by atoms with Gasteiger partial charge in [0.05, 0.1) is 13.2 Å². The van der Waals surface area contributed by atoms with E-state index >= 15 is 0 Å². The highest BCUT2D eigenvalue weighted by molar-refractivity contribution is 5.80. The largest absolute Gasteiger partial charge is 0.393 e. The fourth-order valence-corrected chi connectivity index (χ4v) is 3.83. The summed E-state index contributed by atoms with van der Waals surface area (Å²) in [6, 6.07) is 8.49. The van der Waals surface area contributed by atoms with Crippen molar-refractivity contribution in [2.45, 2.75) is 19.3 Å². The Bertz CT molecular complexity index is 762. The number of ether oxygens (including phenoxy) is 1. The van der Waals surface area contributed by atoms with Crippen LogP contribution in [0.5, 0.6) is 0 Å². The molecule has 0 atom stereocenters. The molecule has 0 spiro atoms. The molecule has 2 aromatic rings. The summed E-state index contributed by atoms with van der Waals surface area (Å²) < 4.78 is 5.39. The van der Waals surface area contributed by atoms with Crippen molar-refractivity contribution in [1.29, 1.82) is 0 Å². The number of para-hydroxylation sites is 1. The summed E-state index contributed by atoms with van der Waals surface area (Å²) in [4.78, 5) is 13.5. The zero-order valence-electron chi connectivity index (χ0n) is 15.7. The Morgan fingerprint density at radius 1 is 1.11 bits per heavy atom. The number of nitrogens with zero attached hydrogens (tertiary/aromatic N) is 4. The molecular weight excluding hydrogens is 340 g/mol. The molecule has 1 aromatic carbocycles. The molecule has 1 aromatic heterocycles. The van der Waals surface area contributed by atoms with Crippen molar-refractivity contribution in [1.82, 2.24) is 14.9 Å². The van der Waals surface area contributed by atoms with Gasteiger partial charge in [0.15, 0.2) is 11.6 Å². The van der Waals surface area contributed by atoms with Crippen molar-refractivity contribution in [3.05, 3.63) is 36.2 Å². The maximum atomic E-state index is 6.44. The Balaban J connectivity index is 1.41. The molecule has 7 nitrogen and oxygen atoms in total. The number of aromatic nitrogens is 2. The van der Waals surface area contributed by atoms with E-state index in [1.807, 2.05) is 0 Å². The van der Waals surface area contributed by atoms with Crippen LogP contribution < -0.4 is 16.0 Å². The average molecular weight is 368 g/mol. The summed E-state index contributed by atoms with van der Waals surface area (Å²) >= 11 is 0. The number of aryl methyl sites for hydroxylation is 1. The lowest BCUT2D eigenvalue weighted by atomic mass is 10.0. The van der Waals surface area contributed by atoms with Gasteiger partial charge < -0.3 is 20.7 Å². The van der Waals surface area contributed by atoms with Gasteiger partial charge in [-0.05, 0) is 37.4 Å². The van der Waals surface area contributed by atoms with Crippen molar-refractivity contribution in [3.8, 4) is 0 Å². The smallest absolute Gasteiger partial charge is 0.161 e. The summed E-state index contributed by atoms with van der Waals surface area (Å²) in [5, 5.41) is 3.40. The first-order valence-electron chi connectivity index (χ1n) is 9.83. The Morgan fingerprint density at radius 2 is 1.96 bits per heavy atom. The molecule has 3 heterocycles. The van der Waals surface area contributed by atoms with Gasteiger partial charge in [0.1, 0.15) is 12.0 Å². The number of hydrogen-bond acceptors (Lipinski definition) is 7. The second-order valence-corrected chi connectivity index (χ2v) is 7.08. The fraction of sp³-hybridized carbons (Fsp3) is 0.500. The molecule has 144 valence electrons. The van der Waals surface area contributed by atoms with E-state index in [4.69, 9.17) is 10.5 Å². The highest BCUT2D eigenvalue weighted by Gasteiger charge is 2.22. The maximum Gasteiger partial charge on any atom is 0.161 e. The van der Waals surface area contributed by atoms with E-state index in [2.05, 4.69) is 49.4 Å². The molecule has 0 unspecified atom stereocenters. The van der Waals surface area contributed by atoms with E-state index in [9.17, 15) is 0 Å². The molecule has 0 saturated carbocycles. The lowest BCUT2D eigenvalue weighted by molar-refractivity contribution is 0.0378.